The molecule has 0 unspecified atom stereocenters. The van der Waals surface area contributed by atoms with Crippen LogP contribution in [-0.2, 0) is 6.42 Å². The maximum absolute atomic E-state index is 13.5. The number of pyridine rings is 1. The lowest BCUT2D eigenvalue weighted by Crippen LogP contribution is -2.54. The van der Waals surface area contributed by atoms with Gasteiger partial charge in [-0.05, 0) is 49.1 Å². The standard InChI is InChI=1S/C24H30F4N8/c1-15-9-17-10-16(23(33-29)34-30)3-5-20(17)22(36(15)14-24(26,27)28)21-6-4-18(11-31-21)32-19-12-35(13-19)8-2-7-25/h3-6,10-11,15,19,22,29,32H,2,7-9,12-14,30H2,1H3/t15-,22+/m1/s1. The molecule has 1 aromatic carbocycles. The molecule has 1 fully saturated rings. The fraction of sp³-hybridized carbons (Fsp3) is 0.500. The second-order valence-electron chi connectivity index (χ2n) is 9.34. The maximum atomic E-state index is 13.5. The van der Waals surface area contributed by atoms with Crippen molar-refractivity contribution in [1.82, 2.24) is 14.8 Å². The Morgan fingerprint density at radius 3 is 2.64 bits per heavy atom. The molecule has 0 aliphatic carbocycles. The Hall–Kier alpha value is -3.12. The molecule has 0 amide bonds. The van der Waals surface area contributed by atoms with E-state index >= 15 is 0 Å². The second kappa shape index (κ2) is 10.9. The average Bonchev–Trinajstić information content (AvgIpc) is 2.81. The van der Waals surface area contributed by atoms with Crippen molar-refractivity contribution in [2.75, 3.05) is 38.2 Å². The van der Waals surface area contributed by atoms with Gasteiger partial charge in [0, 0.05) is 31.2 Å². The molecule has 2 aliphatic heterocycles. The van der Waals surface area contributed by atoms with Crippen molar-refractivity contribution in [2.24, 2.45) is 16.1 Å². The SMILES string of the molecule is C[C@@H]1Cc2cc(C(N=N)=NN)ccc2[C@@H](c2ccc(NC3CN(CCCF)C3)cn2)N1CC(F)(F)F. The van der Waals surface area contributed by atoms with Crippen LogP contribution in [0.3, 0.4) is 0 Å². The van der Waals surface area contributed by atoms with Gasteiger partial charge in [-0.1, -0.05) is 12.1 Å². The molecule has 1 aromatic heterocycles. The van der Waals surface area contributed by atoms with Crippen LogP contribution in [0.4, 0.5) is 23.2 Å². The van der Waals surface area contributed by atoms with Crippen molar-refractivity contribution < 1.29 is 17.6 Å². The third-order valence-electron chi connectivity index (χ3n) is 6.70. The normalized spacial score (nSPS) is 21.6. The molecule has 2 aliphatic rings. The highest BCUT2D eigenvalue weighted by Crippen LogP contribution is 2.39. The number of nitrogens with one attached hydrogen (secondary N) is 2. The van der Waals surface area contributed by atoms with E-state index in [1.807, 2.05) is 6.07 Å². The number of hydrogen-bond acceptors (Lipinski definition) is 7. The van der Waals surface area contributed by atoms with Crippen molar-refractivity contribution in [3.8, 4) is 0 Å². The Kier molecular flexibility index (Phi) is 7.84. The number of nitrogens with two attached hydrogens (primary N) is 1. The van der Waals surface area contributed by atoms with Gasteiger partial charge in [0.2, 0.25) is 0 Å². The van der Waals surface area contributed by atoms with Crippen LogP contribution < -0.4 is 11.2 Å². The van der Waals surface area contributed by atoms with E-state index in [0.717, 1.165) is 36.4 Å². The van der Waals surface area contributed by atoms with Gasteiger partial charge in [0.15, 0.2) is 5.84 Å². The summed E-state index contributed by atoms with van der Waals surface area (Å²) in [5, 5.41) is 10.2. The van der Waals surface area contributed by atoms with Crippen LogP contribution in [0, 0.1) is 5.53 Å². The number of benzene rings is 1. The lowest BCUT2D eigenvalue weighted by molar-refractivity contribution is -0.155. The van der Waals surface area contributed by atoms with Crippen LogP contribution >= 0.6 is 0 Å². The van der Waals surface area contributed by atoms with Crippen molar-refractivity contribution in [3.05, 3.63) is 58.9 Å². The van der Waals surface area contributed by atoms with Gasteiger partial charge in [0.1, 0.15) is 0 Å². The fourth-order valence-electron chi connectivity index (χ4n) is 5.02. The lowest BCUT2D eigenvalue weighted by atomic mass is 9.85. The number of rotatable bonds is 8. The molecule has 194 valence electrons. The van der Waals surface area contributed by atoms with Gasteiger partial charge in [-0.15, -0.1) is 5.11 Å². The minimum Gasteiger partial charge on any atom is -0.378 e. The highest BCUT2D eigenvalue weighted by molar-refractivity contribution is 5.99. The Morgan fingerprint density at radius 2 is 2.03 bits per heavy atom. The Morgan fingerprint density at radius 1 is 1.25 bits per heavy atom. The molecule has 2 atom stereocenters. The number of anilines is 1. The quantitative estimate of drug-likeness (QED) is 0.125. The number of nitrogens with zero attached hydrogens (tertiary/aromatic N) is 5. The summed E-state index contributed by atoms with van der Waals surface area (Å²) in [5.41, 5.74) is 10.7. The molecular weight excluding hydrogens is 476 g/mol. The van der Waals surface area contributed by atoms with Gasteiger partial charge in [0.05, 0.1) is 42.9 Å². The third kappa shape index (κ3) is 5.81. The highest BCUT2D eigenvalue weighted by atomic mass is 19.4. The summed E-state index contributed by atoms with van der Waals surface area (Å²) >= 11 is 0. The van der Waals surface area contributed by atoms with Crippen molar-refractivity contribution >= 4 is 11.5 Å². The van der Waals surface area contributed by atoms with Gasteiger partial charge in [-0.25, -0.2) is 5.53 Å². The van der Waals surface area contributed by atoms with E-state index in [4.69, 9.17) is 11.4 Å². The summed E-state index contributed by atoms with van der Waals surface area (Å²) in [6, 6.07) is 7.92. The summed E-state index contributed by atoms with van der Waals surface area (Å²) in [6.07, 6.45) is -1.80. The number of aromatic nitrogens is 1. The molecule has 0 radical (unpaired) electrons. The predicted molar refractivity (Wildman–Crippen MR) is 129 cm³/mol. The summed E-state index contributed by atoms with van der Waals surface area (Å²) in [5.74, 6) is 5.38. The van der Waals surface area contributed by atoms with Crippen LogP contribution in [0.25, 0.3) is 0 Å². The molecule has 0 spiro atoms. The second-order valence-corrected chi connectivity index (χ2v) is 9.34. The van der Waals surface area contributed by atoms with Crippen LogP contribution in [0.5, 0.6) is 0 Å². The van der Waals surface area contributed by atoms with Crippen LogP contribution in [0.15, 0.2) is 46.7 Å². The van der Waals surface area contributed by atoms with Crippen molar-refractivity contribution in [2.45, 2.75) is 44.1 Å². The molecule has 1 saturated heterocycles. The van der Waals surface area contributed by atoms with Crippen LogP contribution in [-0.4, -0.2) is 71.7 Å². The molecule has 36 heavy (non-hydrogen) atoms. The predicted octanol–water partition coefficient (Wildman–Crippen LogP) is 4.09. The number of halogens is 4. The van der Waals surface area contributed by atoms with Gasteiger partial charge in [0.25, 0.3) is 0 Å². The number of hydrogen-bond donors (Lipinski definition) is 3. The van der Waals surface area contributed by atoms with Gasteiger partial charge >= 0.3 is 6.18 Å². The summed E-state index contributed by atoms with van der Waals surface area (Å²) < 4.78 is 53.0. The van der Waals surface area contributed by atoms with Gasteiger partial charge < -0.3 is 11.2 Å². The zero-order valence-corrected chi connectivity index (χ0v) is 20.0. The summed E-state index contributed by atoms with van der Waals surface area (Å²) in [7, 11) is 0. The average molecular weight is 507 g/mol. The Bertz CT molecular complexity index is 1080. The van der Waals surface area contributed by atoms with Gasteiger partial charge in [-0.2, -0.15) is 18.3 Å². The smallest absolute Gasteiger partial charge is 0.378 e. The minimum atomic E-state index is -4.37. The zero-order chi connectivity index (χ0) is 25.9. The molecule has 0 bridgehead atoms. The maximum Gasteiger partial charge on any atom is 0.401 e. The van der Waals surface area contributed by atoms with E-state index in [9.17, 15) is 17.6 Å². The molecule has 4 N–H and O–H groups in total. The molecule has 3 heterocycles. The number of fused-ring (bicyclic) bond motifs is 1. The summed E-state index contributed by atoms with van der Waals surface area (Å²) in [4.78, 5) is 8.15. The van der Waals surface area contributed by atoms with E-state index in [1.165, 1.54) is 4.90 Å². The minimum absolute atomic E-state index is 0.0486. The lowest BCUT2D eigenvalue weighted by Gasteiger charge is -2.42. The molecular formula is C24H30F4N8. The number of hydrazone groups is 1. The first kappa shape index (κ1) is 26.0. The van der Waals surface area contributed by atoms with Crippen molar-refractivity contribution in [3.63, 3.8) is 0 Å². The molecule has 0 saturated carbocycles. The Balaban J connectivity index is 1.59. The van der Waals surface area contributed by atoms with E-state index in [1.54, 1.807) is 37.4 Å². The highest BCUT2D eigenvalue weighted by Gasteiger charge is 2.41. The topological polar surface area (TPSA) is 106 Å². The molecule has 12 heteroatoms. The first-order valence-corrected chi connectivity index (χ1v) is 11.8. The summed E-state index contributed by atoms with van der Waals surface area (Å²) in [6.45, 7) is 2.75. The van der Waals surface area contributed by atoms with Crippen molar-refractivity contribution in [1.29, 1.82) is 5.53 Å². The number of likely N-dealkylation sites (tertiary alicyclic amines) is 1. The van der Waals surface area contributed by atoms with Gasteiger partial charge in [-0.3, -0.25) is 19.2 Å². The first-order chi connectivity index (χ1) is 17.2. The molecule has 2 aromatic rings. The monoisotopic (exact) mass is 506 g/mol. The number of amidine groups is 1. The van der Waals surface area contributed by atoms with Crippen LogP contribution in [0.2, 0.25) is 0 Å². The number of alkyl halides is 4. The zero-order valence-electron chi connectivity index (χ0n) is 20.0. The third-order valence-corrected chi connectivity index (χ3v) is 6.70. The van der Waals surface area contributed by atoms with Crippen LogP contribution in [0.1, 0.15) is 41.8 Å². The largest absolute Gasteiger partial charge is 0.401 e. The van der Waals surface area contributed by atoms with E-state index in [-0.39, 0.29) is 18.6 Å². The fourth-order valence-corrected chi connectivity index (χ4v) is 5.02. The van der Waals surface area contributed by atoms with E-state index in [0.29, 0.717) is 24.1 Å². The van der Waals surface area contributed by atoms with E-state index < -0.39 is 24.8 Å². The molecule has 8 nitrogen and oxygen atoms in total. The molecule has 4 rings (SSSR count). The van der Waals surface area contributed by atoms with E-state index in [2.05, 4.69) is 25.4 Å². The Labute approximate surface area is 207 Å². The first-order valence-electron chi connectivity index (χ1n) is 11.8.